The van der Waals surface area contributed by atoms with Crippen LogP contribution in [0.2, 0.25) is 0 Å². The lowest BCUT2D eigenvalue weighted by Crippen LogP contribution is -2.16. The van der Waals surface area contributed by atoms with Crippen molar-refractivity contribution in [3.05, 3.63) is 17.7 Å². The maximum absolute atomic E-state index is 5.74. The zero-order valence-electron chi connectivity index (χ0n) is 7.25. The lowest BCUT2D eigenvalue weighted by Gasteiger charge is -2.19. The topological polar surface area (TPSA) is 70.5 Å². The summed E-state index contributed by atoms with van der Waals surface area (Å²) in [5, 5.41) is 0. The summed E-state index contributed by atoms with van der Waals surface area (Å²) >= 11 is 0. The van der Waals surface area contributed by atoms with Crippen molar-refractivity contribution in [1.29, 1.82) is 0 Å². The molecule has 1 aromatic rings. The van der Waals surface area contributed by atoms with Crippen molar-refractivity contribution in [1.82, 2.24) is 0 Å². The molecule has 1 heterocycles. The Bertz CT molecular complexity index is 326. The molecule has 70 valence electrons. The predicted molar refractivity (Wildman–Crippen MR) is 49.7 cm³/mol. The smallest absolute Gasteiger partial charge is 0.163 e. The van der Waals surface area contributed by atoms with E-state index >= 15 is 0 Å². The molecule has 0 saturated heterocycles. The largest absolute Gasteiger partial charge is 0.486 e. The first-order chi connectivity index (χ1) is 6.31. The predicted octanol–water partition coefficient (Wildman–Crippen LogP) is 0.499. The van der Waals surface area contributed by atoms with E-state index in [1.807, 2.05) is 6.07 Å². The van der Waals surface area contributed by atoms with Crippen LogP contribution >= 0.6 is 0 Å². The molecule has 0 radical (unpaired) electrons. The molecule has 0 unspecified atom stereocenters. The Labute approximate surface area is 76.4 Å². The van der Waals surface area contributed by atoms with E-state index < -0.39 is 0 Å². The van der Waals surface area contributed by atoms with Crippen molar-refractivity contribution in [2.45, 2.75) is 6.54 Å². The zero-order chi connectivity index (χ0) is 9.26. The Hall–Kier alpha value is -1.42. The first kappa shape index (κ1) is 8.19. The van der Waals surface area contributed by atoms with Gasteiger partial charge >= 0.3 is 0 Å². The molecule has 1 aromatic carbocycles. The summed E-state index contributed by atoms with van der Waals surface area (Å²) in [6, 6.07) is 3.60. The highest BCUT2D eigenvalue weighted by atomic mass is 16.6. The highest BCUT2D eigenvalue weighted by Gasteiger charge is 2.13. The molecule has 0 atom stereocenters. The molecule has 0 spiro atoms. The van der Waals surface area contributed by atoms with E-state index in [1.54, 1.807) is 6.07 Å². The summed E-state index contributed by atoms with van der Waals surface area (Å²) in [7, 11) is 0. The first-order valence-electron chi connectivity index (χ1n) is 4.19. The van der Waals surface area contributed by atoms with Crippen molar-refractivity contribution in [3.8, 4) is 11.5 Å². The van der Waals surface area contributed by atoms with Gasteiger partial charge in [0, 0.05) is 18.3 Å². The molecule has 0 aliphatic carbocycles. The first-order valence-corrected chi connectivity index (χ1v) is 4.19. The van der Waals surface area contributed by atoms with Crippen LogP contribution in [0.15, 0.2) is 12.1 Å². The van der Waals surface area contributed by atoms with Crippen molar-refractivity contribution in [3.63, 3.8) is 0 Å². The average Bonchev–Trinajstić information content (AvgIpc) is 2.17. The Morgan fingerprint density at radius 2 is 1.77 bits per heavy atom. The summed E-state index contributed by atoms with van der Waals surface area (Å²) in [6.07, 6.45) is 0. The number of hydrogen-bond donors (Lipinski definition) is 2. The van der Waals surface area contributed by atoms with Crippen LogP contribution in [0.25, 0.3) is 0 Å². The van der Waals surface area contributed by atoms with Gasteiger partial charge in [0.25, 0.3) is 0 Å². The fraction of sp³-hybridized carbons (Fsp3) is 0.333. The summed E-state index contributed by atoms with van der Waals surface area (Å²) in [5.41, 5.74) is 12.8. The lowest BCUT2D eigenvalue weighted by atomic mass is 10.1. The fourth-order valence-corrected chi connectivity index (χ4v) is 1.32. The molecule has 0 saturated carbocycles. The number of anilines is 1. The van der Waals surface area contributed by atoms with Crippen molar-refractivity contribution in [2.24, 2.45) is 5.73 Å². The normalized spacial score (nSPS) is 14.2. The van der Waals surface area contributed by atoms with Crippen LogP contribution in [0.5, 0.6) is 11.5 Å². The molecule has 13 heavy (non-hydrogen) atoms. The summed E-state index contributed by atoms with van der Waals surface area (Å²) < 4.78 is 10.7. The number of rotatable bonds is 1. The molecule has 0 aromatic heterocycles. The van der Waals surface area contributed by atoms with Crippen LogP contribution in [-0.4, -0.2) is 13.2 Å². The highest BCUT2D eigenvalue weighted by Crippen LogP contribution is 2.34. The SMILES string of the molecule is NCc1cc2c(cc1N)OCCO2. The average molecular weight is 180 g/mol. The van der Waals surface area contributed by atoms with Crippen LogP contribution in [-0.2, 0) is 6.54 Å². The van der Waals surface area contributed by atoms with E-state index in [9.17, 15) is 0 Å². The zero-order valence-corrected chi connectivity index (χ0v) is 7.25. The third-order valence-corrected chi connectivity index (χ3v) is 2.02. The second-order valence-corrected chi connectivity index (χ2v) is 2.90. The molecule has 0 amide bonds. The third-order valence-electron chi connectivity index (χ3n) is 2.02. The van der Waals surface area contributed by atoms with Gasteiger partial charge in [-0.15, -0.1) is 0 Å². The van der Waals surface area contributed by atoms with Crippen molar-refractivity contribution < 1.29 is 9.47 Å². The minimum Gasteiger partial charge on any atom is -0.486 e. The molecular formula is C9H12N2O2. The van der Waals surface area contributed by atoms with E-state index in [4.69, 9.17) is 20.9 Å². The van der Waals surface area contributed by atoms with Gasteiger partial charge in [0.1, 0.15) is 13.2 Å². The van der Waals surface area contributed by atoms with Gasteiger partial charge in [-0.2, -0.15) is 0 Å². The number of fused-ring (bicyclic) bond motifs is 1. The molecule has 2 rings (SSSR count). The second-order valence-electron chi connectivity index (χ2n) is 2.90. The van der Waals surface area contributed by atoms with E-state index in [-0.39, 0.29) is 0 Å². The molecule has 1 aliphatic rings. The Kier molecular flexibility index (Phi) is 1.98. The third kappa shape index (κ3) is 1.40. The van der Waals surface area contributed by atoms with Gasteiger partial charge in [-0.05, 0) is 11.6 Å². The maximum atomic E-state index is 5.74. The Balaban J connectivity index is 2.44. The van der Waals surface area contributed by atoms with Crippen LogP contribution < -0.4 is 20.9 Å². The Morgan fingerprint density at radius 3 is 2.38 bits per heavy atom. The molecule has 4 nitrogen and oxygen atoms in total. The van der Waals surface area contributed by atoms with Gasteiger partial charge in [0.05, 0.1) is 0 Å². The van der Waals surface area contributed by atoms with Gasteiger partial charge in [-0.3, -0.25) is 0 Å². The van der Waals surface area contributed by atoms with E-state index in [1.165, 1.54) is 0 Å². The van der Waals surface area contributed by atoms with Crippen molar-refractivity contribution >= 4 is 5.69 Å². The number of hydrogen-bond acceptors (Lipinski definition) is 4. The molecule has 4 N–H and O–H groups in total. The number of nitrogens with two attached hydrogens (primary N) is 2. The second kappa shape index (κ2) is 3.14. The van der Waals surface area contributed by atoms with Gasteiger partial charge in [-0.1, -0.05) is 0 Å². The number of benzene rings is 1. The van der Waals surface area contributed by atoms with Gasteiger partial charge < -0.3 is 20.9 Å². The van der Waals surface area contributed by atoms with E-state index in [0.29, 0.717) is 31.2 Å². The minimum atomic E-state index is 0.419. The molecule has 4 heteroatoms. The number of ether oxygens (including phenoxy) is 2. The standard InChI is InChI=1S/C9H12N2O2/c10-5-6-3-8-9(4-7(6)11)13-2-1-12-8/h3-4H,1-2,5,10-11H2. The quantitative estimate of drug-likeness (QED) is 0.617. The molecular weight excluding hydrogens is 168 g/mol. The Morgan fingerprint density at radius 1 is 1.15 bits per heavy atom. The van der Waals surface area contributed by atoms with Gasteiger partial charge in [-0.25, -0.2) is 0 Å². The monoisotopic (exact) mass is 180 g/mol. The van der Waals surface area contributed by atoms with E-state index in [2.05, 4.69) is 0 Å². The lowest BCUT2D eigenvalue weighted by molar-refractivity contribution is 0.171. The van der Waals surface area contributed by atoms with Gasteiger partial charge in [0.2, 0.25) is 0 Å². The van der Waals surface area contributed by atoms with E-state index in [0.717, 1.165) is 11.3 Å². The van der Waals surface area contributed by atoms with Crippen molar-refractivity contribution in [2.75, 3.05) is 18.9 Å². The van der Waals surface area contributed by atoms with Gasteiger partial charge in [0.15, 0.2) is 11.5 Å². The molecule has 0 bridgehead atoms. The molecule has 1 aliphatic heterocycles. The van der Waals surface area contributed by atoms with Crippen LogP contribution in [0.3, 0.4) is 0 Å². The van der Waals surface area contributed by atoms with Crippen LogP contribution in [0, 0.1) is 0 Å². The summed E-state index contributed by atoms with van der Waals surface area (Å²) in [6.45, 7) is 1.58. The molecule has 0 fully saturated rings. The minimum absolute atomic E-state index is 0.419. The maximum Gasteiger partial charge on any atom is 0.163 e. The fourth-order valence-electron chi connectivity index (χ4n) is 1.32. The van der Waals surface area contributed by atoms with Crippen LogP contribution in [0.1, 0.15) is 5.56 Å². The summed E-state index contributed by atoms with van der Waals surface area (Å²) in [4.78, 5) is 0. The highest BCUT2D eigenvalue weighted by molar-refractivity contribution is 5.58. The van der Waals surface area contributed by atoms with Crippen LogP contribution in [0.4, 0.5) is 5.69 Å². The summed E-state index contributed by atoms with van der Waals surface area (Å²) in [5.74, 6) is 1.45. The number of nitrogen functional groups attached to an aromatic ring is 1.